The third-order valence-electron chi connectivity index (χ3n) is 2.64. The van der Waals surface area contributed by atoms with Gasteiger partial charge in [0.2, 0.25) is 0 Å². The Morgan fingerprint density at radius 3 is 2.86 bits per heavy atom. The van der Waals surface area contributed by atoms with Gasteiger partial charge in [0.25, 0.3) is 0 Å². The van der Waals surface area contributed by atoms with Gasteiger partial charge in [-0.25, -0.2) is 0 Å². The van der Waals surface area contributed by atoms with E-state index in [1.807, 2.05) is 25.1 Å². The monoisotopic (exact) mass is 295 g/mol. The van der Waals surface area contributed by atoms with E-state index in [2.05, 4.69) is 11.9 Å². The standard InChI is InChI=1S/C16H25NO4/c1-13(2)11-20-8-7-17-10-14(18)12-21-16-6-4-5-15(9-16)19-3/h4-6,9,14,17-18H,1,7-8,10-12H2,2-3H3. The molecule has 1 aromatic rings. The van der Waals surface area contributed by atoms with Crippen molar-refractivity contribution in [1.29, 1.82) is 0 Å². The summed E-state index contributed by atoms with van der Waals surface area (Å²) in [6.45, 7) is 8.22. The van der Waals surface area contributed by atoms with E-state index < -0.39 is 6.10 Å². The van der Waals surface area contributed by atoms with Crippen LogP contribution < -0.4 is 14.8 Å². The zero-order valence-electron chi connectivity index (χ0n) is 12.8. The predicted octanol–water partition coefficient (Wildman–Crippen LogP) is 1.62. The number of aliphatic hydroxyl groups excluding tert-OH is 1. The normalized spacial score (nSPS) is 12.0. The van der Waals surface area contributed by atoms with Crippen LogP contribution in [0.15, 0.2) is 36.4 Å². The van der Waals surface area contributed by atoms with Crippen molar-refractivity contribution in [2.24, 2.45) is 0 Å². The predicted molar refractivity (Wildman–Crippen MR) is 83.0 cm³/mol. The van der Waals surface area contributed by atoms with Crippen LogP contribution in [-0.4, -0.2) is 51.2 Å². The highest BCUT2D eigenvalue weighted by Crippen LogP contribution is 2.18. The Bertz CT molecular complexity index is 422. The maximum atomic E-state index is 9.81. The van der Waals surface area contributed by atoms with Crippen molar-refractivity contribution < 1.29 is 19.3 Å². The molecule has 0 radical (unpaired) electrons. The summed E-state index contributed by atoms with van der Waals surface area (Å²) in [6.07, 6.45) is -0.572. The molecule has 0 spiro atoms. The zero-order valence-corrected chi connectivity index (χ0v) is 12.8. The molecule has 21 heavy (non-hydrogen) atoms. The minimum atomic E-state index is -0.572. The third-order valence-corrected chi connectivity index (χ3v) is 2.64. The first-order valence-corrected chi connectivity index (χ1v) is 6.99. The van der Waals surface area contributed by atoms with Gasteiger partial charge in [0.1, 0.15) is 24.2 Å². The summed E-state index contributed by atoms with van der Waals surface area (Å²) in [5.74, 6) is 1.41. The molecule has 1 atom stereocenters. The first-order chi connectivity index (χ1) is 10.1. The largest absolute Gasteiger partial charge is 0.497 e. The summed E-state index contributed by atoms with van der Waals surface area (Å²) in [7, 11) is 1.60. The second-order valence-corrected chi connectivity index (χ2v) is 4.86. The molecular formula is C16H25NO4. The zero-order chi connectivity index (χ0) is 15.5. The van der Waals surface area contributed by atoms with Crippen molar-refractivity contribution in [2.75, 3.05) is 40.0 Å². The first-order valence-electron chi connectivity index (χ1n) is 6.99. The van der Waals surface area contributed by atoms with E-state index >= 15 is 0 Å². The summed E-state index contributed by atoms with van der Waals surface area (Å²) in [5.41, 5.74) is 1.00. The van der Waals surface area contributed by atoms with Gasteiger partial charge in [-0.1, -0.05) is 18.2 Å². The highest BCUT2D eigenvalue weighted by atomic mass is 16.5. The smallest absolute Gasteiger partial charge is 0.123 e. The highest BCUT2D eigenvalue weighted by Gasteiger charge is 2.05. The number of rotatable bonds is 11. The Hall–Kier alpha value is -1.56. The lowest BCUT2D eigenvalue weighted by Gasteiger charge is -2.14. The Balaban J connectivity index is 2.10. The summed E-state index contributed by atoms with van der Waals surface area (Å²) in [6, 6.07) is 7.30. The molecule has 0 saturated carbocycles. The molecular weight excluding hydrogens is 270 g/mol. The minimum Gasteiger partial charge on any atom is -0.497 e. The van der Waals surface area contributed by atoms with Gasteiger partial charge in [-0.3, -0.25) is 0 Å². The van der Waals surface area contributed by atoms with Crippen LogP contribution in [0.1, 0.15) is 6.92 Å². The fourth-order valence-electron chi connectivity index (χ4n) is 1.60. The van der Waals surface area contributed by atoms with Gasteiger partial charge < -0.3 is 24.6 Å². The van der Waals surface area contributed by atoms with Crippen LogP contribution >= 0.6 is 0 Å². The highest BCUT2D eigenvalue weighted by molar-refractivity contribution is 5.32. The van der Waals surface area contributed by atoms with Gasteiger partial charge in [0.05, 0.1) is 20.3 Å². The van der Waals surface area contributed by atoms with E-state index in [4.69, 9.17) is 14.2 Å². The van der Waals surface area contributed by atoms with Gasteiger partial charge in [-0.15, -0.1) is 0 Å². The Morgan fingerprint density at radius 1 is 1.38 bits per heavy atom. The average Bonchev–Trinajstić information content (AvgIpc) is 2.48. The van der Waals surface area contributed by atoms with Crippen LogP contribution in [0, 0.1) is 0 Å². The number of methoxy groups -OCH3 is 1. The topological polar surface area (TPSA) is 60.0 Å². The third kappa shape index (κ3) is 8.34. The van der Waals surface area contributed by atoms with Crippen LogP contribution in [-0.2, 0) is 4.74 Å². The maximum absolute atomic E-state index is 9.81. The molecule has 5 nitrogen and oxygen atoms in total. The van der Waals surface area contributed by atoms with E-state index in [1.54, 1.807) is 13.2 Å². The molecule has 0 saturated heterocycles. The fraction of sp³-hybridized carbons (Fsp3) is 0.500. The van der Waals surface area contributed by atoms with Crippen LogP contribution in [0.5, 0.6) is 11.5 Å². The summed E-state index contributed by atoms with van der Waals surface area (Å²) in [4.78, 5) is 0. The van der Waals surface area contributed by atoms with Crippen LogP contribution in [0.25, 0.3) is 0 Å². The quantitative estimate of drug-likeness (QED) is 0.480. The molecule has 0 fully saturated rings. The van der Waals surface area contributed by atoms with Crippen molar-refractivity contribution in [3.63, 3.8) is 0 Å². The molecule has 1 unspecified atom stereocenters. The molecule has 0 amide bonds. The number of ether oxygens (including phenoxy) is 3. The van der Waals surface area contributed by atoms with Gasteiger partial charge in [-0.2, -0.15) is 0 Å². The number of hydrogen-bond donors (Lipinski definition) is 2. The summed E-state index contributed by atoms with van der Waals surface area (Å²) in [5, 5.41) is 12.9. The van der Waals surface area contributed by atoms with Gasteiger partial charge >= 0.3 is 0 Å². The van der Waals surface area contributed by atoms with Crippen molar-refractivity contribution in [1.82, 2.24) is 5.32 Å². The van der Waals surface area contributed by atoms with E-state index in [9.17, 15) is 5.11 Å². The second kappa shape index (κ2) is 10.2. The van der Waals surface area contributed by atoms with Crippen molar-refractivity contribution in [3.8, 4) is 11.5 Å². The molecule has 1 aromatic carbocycles. The minimum absolute atomic E-state index is 0.229. The average molecular weight is 295 g/mol. The molecule has 5 heteroatoms. The van der Waals surface area contributed by atoms with Gasteiger partial charge in [0.15, 0.2) is 0 Å². The fourth-order valence-corrected chi connectivity index (χ4v) is 1.60. The maximum Gasteiger partial charge on any atom is 0.123 e. The molecule has 0 aromatic heterocycles. The van der Waals surface area contributed by atoms with Crippen LogP contribution in [0.3, 0.4) is 0 Å². The number of benzene rings is 1. The van der Waals surface area contributed by atoms with E-state index in [-0.39, 0.29) is 6.61 Å². The van der Waals surface area contributed by atoms with Crippen molar-refractivity contribution >= 4 is 0 Å². The lowest BCUT2D eigenvalue weighted by molar-refractivity contribution is 0.101. The Labute approximate surface area is 126 Å². The number of aliphatic hydroxyl groups is 1. The molecule has 0 aliphatic heterocycles. The summed E-state index contributed by atoms with van der Waals surface area (Å²) < 4.78 is 16.0. The van der Waals surface area contributed by atoms with Crippen LogP contribution in [0.4, 0.5) is 0 Å². The van der Waals surface area contributed by atoms with E-state index in [0.717, 1.165) is 11.3 Å². The Morgan fingerprint density at radius 2 is 2.14 bits per heavy atom. The van der Waals surface area contributed by atoms with E-state index in [1.165, 1.54) is 0 Å². The SMILES string of the molecule is C=C(C)COCCNCC(O)COc1cccc(OC)c1. The second-order valence-electron chi connectivity index (χ2n) is 4.86. The summed E-state index contributed by atoms with van der Waals surface area (Å²) >= 11 is 0. The first kappa shape index (κ1) is 17.5. The van der Waals surface area contributed by atoms with Crippen LogP contribution in [0.2, 0.25) is 0 Å². The number of hydrogen-bond acceptors (Lipinski definition) is 5. The molecule has 0 aliphatic carbocycles. The lowest BCUT2D eigenvalue weighted by atomic mass is 10.3. The molecule has 0 heterocycles. The molecule has 0 bridgehead atoms. The Kier molecular flexibility index (Phi) is 8.50. The van der Waals surface area contributed by atoms with Crippen molar-refractivity contribution in [2.45, 2.75) is 13.0 Å². The van der Waals surface area contributed by atoms with Crippen molar-refractivity contribution in [3.05, 3.63) is 36.4 Å². The molecule has 2 N–H and O–H groups in total. The molecule has 0 aliphatic rings. The number of nitrogens with one attached hydrogen (secondary N) is 1. The molecule has 1 rings (SSSR count). The van der Waals surface area contributed by atoms with Gasteiger partial charge in [0, 0.05) is 19.2 Å². The van der Waals surface area contributed by atoms with E-state index in [0.29, 0.717) is 32.1 Å². The lowest BCUT2D eigenvalue weighted by Crippen LogP contribution is -2.33. The molecule has 118 valence electrons. The van der Waals surface area contributed by atoms with Gasteiger partial charge in [-0.05, 0) is 19.1 Å².